The van der Waals surface area contributed by atoms with Gasteiger partial charge in [0, 0.05) is 18.8 Å². The van der Waals surface area contributed by atoms with Gasteiger partial charge in [-0.2, -0.15) is 5.26 Å². The number of nitrogens with zero attached hydrogens (tertiary/aromatic N) is 2. The van der Waals surface area contributed by atoms with E-state index >= 15 is 0 Å². The van der Waals surface area contributed by atoms with E-state index in [2.05, 4.69) is 21.7 Å². The fourth-order valence-corrected chi connectivity index (χ4v) is 1.49. The third kappa shape index (κ3) is 6.05. The summed E-state index contributed by atoms with van der Waals surface area (Å²) < 4.78 is 5.11. The summed E-state index contributed by atoms with van der Waals surface area (Å²) in [5.41, 5.74) is 0.823. The van der Waals surface area contributed by atoms with Gasteiger partial charge in [-0.15, -0.1) is 0 Å². The molecular weight excluding hydrogens is 256 g/mol. The van der Waals surface area contributed by atoms with Crippen molar-refractivity contribution < 1.29 is 9.53 Å². The van der Waals surface area contributed by atoms with Crippen LogP contribution in [-0.2, 0) is 4.74 Å². The second-order valence-electron chi connectivity index (χ2n) is 5.35. The van der Waals surface area contributed by atoms with Crippen LogP contribution in [-0.4, -0.2) is 29.8 Å². The maximum absolute atomic E-state index is 11.4. The third-order valence-electron chi connectivity index (χ3n) is 2.18. The maximum Gasteiger partial charge on any atom is 0.407 e. The Balaban J connectivity index is 2.37. The number of anilines is 1. The van der Waals surface area contributed by atoms with Crippen molar-refractivity contribution in [2.45, 2.75) is 33.3 Å². The zero-order chi connectivity index (χ0) is 15.2. The Hall–Kier alpha value is -2.29. The molecule has 0 fully saturated rings. The Morgan fingerprint density at radius 2 is 2.10 bits per heavy atom. The largest absolute Gasteiger partial charge is 0.444 e. The average Bonchev–Trinajstić information content (AvgIpc) is 2.32. The van der Waals surface area contributed by atoms with Crippen LogP contribution in [0.3, 0.4) is 0 Å². The molecule has 0 aromatic carbocycles. The Bertz CT molecular complexity index is 515. The number of rotatable bonds is 4. The van der Waals surface area contributed by atoms with Crippen LogP contribution >= 0.6 is 0 Å². The molecule has 108 valence electrons. The highest BCUT2D eigenvalue weighted by atomic mass is 16.6. The second-order valence-corrected chi connectivity index (χ2v) is 5.35. The first-order chi connectivity index (χ1) is 9.30. The standard InChI is InChI=1S/C14H20N4O2/c1-10-7-11(9-15)8-12(18-10)16-5-6-17-13(19)20-14(2,3)4/h7-8H,5-6H2,1-4H3,(H,16,18)(H,17,19). The monoisotopic (exact) mass is 276 g/mol. The lowest BCUT2D eigenvalue weighted by molar-refractivity contribution is 0.0530. The number of nitrogens with one attached hydrogen (secondary N) is 2. The first kappa shape index (κ1) is 15.8. The molecule has 0 unspecified atom stereocenters. The van der Waals surface area contributed by atoms with E-state index in [-0.39, 0.29) is 0 Å². The highest BCUT2D eigenvalue weighted by Crippen LogP contribution is 2.09. The molecule has 6 heteroatoms. The summed E-state index contributed by atoms with van der Waals surface area (Å²) in [4.78, 5) is 15.7. The number of nitriles is 1. The minimum Gasteiger partial charge on any atom is -0.444 e. The summed E-state index contributed by atoms with van der Waals surface area (Å²) in [5.74, 6) is 0.618. The van der Waals surface area contributed by atoms with Crippen LogP contribution in [0.2, 0.25) is 0 Å². The van der Waals surface area contributed by atoms with Crippen LogP contribution < -0.4 is 10.6 Å². The number of ether oxygens (including phenoxy) is 1. The zero-order valence-corrected chi connectivity index (χ0v) is 12.3. The van der Waals surface area contributed by atoms with E-state index in [9.17, 15) is 4.79 Å². The van der Waals surface area contributed by atoms with Crippen molar-refractivity contribution in [1.82, 2.24) is 10.3 Å². The number of carbonyl (C=O) groups excluding carboxylic acids is 1. The molecule has 1 heterocycles. The normalized spacial score (nSPS) is 10.6. The number of hydrogen-bond acceptors (Lipinski definition) is 5. The maximum atomic E-state index is 11.4. The first-order valence-corrected chi connectivity index (χ1v) is 6.40. The van der Waals surface area contributed by atoms with Gasteiger partial charge in [0.2, 0.25) is 0 Å². The minimum atomic E-state index is -0.503. The molecule has 1 rings (SSSR count). The van der Waals surface area contributed by atoms with Gasteiger partial charge < -0.3 is 15.4 Å². The van der Waals surface area contributed by atoms with Gasteiger partial charge in [0.1, 0.15) is 11.4 Å². The Labute approximate surface area is 119 Å². The van der Waals surface area contributed by atoms with Crippen molar-refractivity contribution in [1.29, 1.82) is 5.26 Å². The summed E-state index contributed by atoms with van der Waals surface area (Å²) >= 11 is 0. The van der Waals surface area contributed by atoms with Gasteiger partial charge in [0.25, 0.3) is 0 Å². The molecule has 0 atom stereocenters. The Kier molecular flexibility index (Phi) is 5.32. The fraction of sp³-hybridized carbons (Fsp3) is 0.500. The number of pyridine rings is 1. The molecule has 1 amide bonds. The molecule has 0 aliphatic heterocycles. The van der Waals surface area contributed by atoms with Crippen LogP contribution in [0.15, 0.2) is 12.1 Å². The van der Waals surface area contributed by atoms with Crippen molar-refractivity contribution in [2.75, 3.05) is 18.4 Å². The van der Waals surface area contributed by atoms with E-state index in [1.165, 1.54) is 0 Å². The molecule has 2 N–H and O–H groups in total. The van der Waals surface area contributed by atoms with Gasteiger partial charge >= 0.3 is 6.09 Å². The molecule has 0 aliphatic carbocycles. The number of amides is 1. The van der Waals surface area contributed by atoms with E-state index in [1.807, 2.05) is 27.7 Å². The van der Waals surface area contributed by atoms with Crippen LogP contribution in [0.4, 0.5) is 10.6 Å². The van der Waals surface area contributed by atoms with E-state index < -0.39 is 11.7 Å². The summed E-state index contributed by atoms with van der Waals surface area (Å²) in [6.07, 6.45) is -0.450. The van der Waals surface area contributed by atoms with E-state index in [1.54, 1.807) is 12.1 Å². The summed E-state index contributed by atoms with van der Waals surface area (Å²) in [6.45, 7) is 8.17. The van der Waals surface area contributed by atoms with Gasteiger partial charge in [-0.25, -0.2) is 9.78 Å². The zero-order valence-electron chi connectivity index (χ0n) is 12.3. The molecule has 1 aromatic rings. The SMILES string of the molecule is Cc1cc(C#N)cc(NCCNC(=O)OC(C)(C)C)n1. The number of aryl methyl sites for hydroxylation is 1. The van der Waals surface area contributed by atoms with Crippen LogP contribution in [0.5, 0.6) is 0 Å². The van der Waals surface area contributed by atoms with Crippen LogP contribution in [0.25, 0.3) is 0 Å². The molecule has 0 saturated heterocycles. The molecule has 0 saturated carbocycles. The molecule has 0 bridgehead atoms. The highest BCUT2D eigenvalue weighted by Gasteiger charge is 2.15. The molecule has 0 aliphatic rings. The van der Waals surface area contributed by atoms with Crippen molar-refractivity contribution in [3.63, 3.8) is 0 Å². The number of alkyl carbamates (subject to hydrolysis) is 1. The summed E-state index contributed by atoms with van der Waals surface area (Å²) in [6, 6.07) is 5.45. The first-order valence-electron chi connectivity index (χ1n) is 6.40. The van der Waals surface area contributed by atoms with E-state index in [4.69, 9.17) is 10.00 Å². The predicted octanol–water partition coefficient (Wildman–Crippen LogP) is 2.20. The third-order valence-corrected chi connectivity index (χ3v) is 2.18. The topological polar surface area (TPSA) is 87.0 Å². The molecule has 0 radical (unpaired) electrons. The Morgan fingerprint density at radius 3 is 2.70 bits per heavy atom. The quantitative estimate of drug-likeness (QED) is 0.823. The van der Waals surface area contributed by atoms with Gasteiger partial charge in [-0.3, -0.25) is 0 Å². The molecule has 6 nitrogen and oxygen atoms in total. The lowest BCUT2D eigenvalue weighted by Crippen LogP contribution is -2.35. The molecular formula is C14H20N4O2. The Morgan fingerprint density at radius 1 is 1.40 bits per heavy atom. The van der Waals surface area contributed by atoms with Crippen LogP contribution in [0, 0.1) is 18.3 Å². The van der Waals surface area contributed by atoms with E-state index in [0.717, 1.165) is 5.69 Å². The lowest BCUT2D eigenvalue weighted by atomic mass is 10.2. The predicted molar refractivity (Wildman–Crippen MR) is 76.4 cm³/mol. The smallest absolute Gasteiger partial charge is 0.407 e. The van der Waals surface area contributed by atoms with Gasteiger partial charge in [0.15, 0.2) is 0 Å². The molecule has 0 spiro atoms. The van der Waals surface area contributed by atoms with Gasteiger partial charge in [-0.1, -0.05) is 0 Å². The number of carbonyl (C=O) groups is 1. The van der Waals surface area contributed by atoms with Gasteiger partial charge in [-0.05, 0) is 39.8 Å². The average molecular weight is 276 g/mol. The summed E-state index contributed by atoms with van der Waals surface area (Å²) in [5, 5.41) is 14.5. The second kappa shape index (κ2) is 6.75. The fourth-order valence-electron chi connectivity index (χ4n) is 1.49. The van der Waals surface area contributed by atoms with E-state index in [0.29, 0.717) is 24.5 Å². The number of hydrogen-bond donors (Lipinski definition) is 2. The number of aromatic nitrogens is 1. The van der Waals surface area contributed by atoms with Crippen molar-refractivity contribution in [2.24, 2.45) is 0 Å². The highest BCUT2D eigenvalue weighted by molar-refractivity contribution is 5.67. The van der Waals surface area contributed by atoms with Crippen molar-refractivity contribution in [3.8, 4) is 6.07 Å². The molecule has 1 aromatic heterocycles. The van der Waals surface area contributed by atoms with Gasteiger partial charge in [0.05, 0.1) is 11.6 Å². The molecule has 20 heavy (non-hydrogen) atoms. The van der Waals surface area contributed by atoms with Crippen molar-refractivity contribution >= 4 is 11.9 Å². The van der Waals surface area contributed by atoms with Crippen LogP contribution in [0.1, 0.15) is 32.0 Å². The summed E-state index contributed by atoms with van der Waals surface area (Å²) in [7, 11) is 0. The minimum absolute atomic E-state index is 0.409. The van der Waals surface area contributed by atoms with Crippen molar-refractivity contribution in [3.05, 3.63) is 23.4 Å². The lowest BCUT2D eigenvalue weighted by Gasteiger charge is -2.19.